The van der Waals surface area contributed by atoms with Gasteiger partial charge in [-0.05, 0) is 24.3 Å². The van der Waals surface area contributed by atoms with Crippen LogP contribution in [0.4, 0.5) is 5.69 Å². The molecule has 0 spiro atoms. The van der Waals surface area contributed by atoms with Gasteiger partial charge >= 0.3 is 0 Å². The van der Waals surface area contributed by atoms with Gasteiger partial charge in [0, 0.05) is 17.7 Å². The van der Waals surface area contributed by atoms with Crippen LogP contribution in [0.25, 0.3) is 0 Å². The lowest BCUT2D eigenvalue weighted by atomic mass is 10.2. The summed E-state index contributed by atoms with van der Waals surface area (Å²) >= 11 is 0. The van der Waals surface area contributed by atoms with Gasteiger partial charge in [0.1, 0.15) is 23.3 Å². The van der Waals surface area contributed by atoms with Crippen LogP contribution in [0.5, 0.6) is 17.2 Å². The lowest BCUT2D eigenvalue weighted by Gasteiger charge is -2.07. The van der Waals surface area contributed by atoms with Crippen molar-refractivity contribution in [3.63, 3.8) is 0 Å². The number of benzene rings is 2. The molecule has 0 fully saturated rings. The molecule has 0 N–H and O–H groups in total. The third-order valence-corrected chi connectivity index (χ3v) is 3.31. The molecule has 0 aromatic heterocycles. The van der Waals surface area contributed by atoms with Crippen LogP contribution in [0.15, 0.2) is 46.4 Å². The summed E-state index contributed by atoms with van der Waals surface area (Å²) in [4.78, 5) is 8.25. The van der Waals surface area contributed by atoms with E-state index in [0.717, 1.165) is 5.56 Å². The second kappa shape index (κ2) is 8.37. The lowest BCUT2D eigenvalue weighted by molar-refractivity contribution is 0.391. The number of hydrogen-bond acceptors (Lipinski definition) is 6. The Hall–Kier alpha value is -3.29. The van der Waals surface area contributed by atoms with Crippen LogP contribution in [-0.4, -0.2) is 27.3 Å². The van der Waals surface area contributed by atoms with Crippen LogP contribution >= 0.6 is 0 Å². The second-order valence-corrected chi connectivity index (χ2v) is 4.70. The molecule has 0 bridgehead atoms. The molecule has 0 aliphatic rings. The molecular formula is C18H17N3O3. The van der Waals surface area contributed by atoms with Crippen molar-refractivity contribution in [1.29, 1.82) is 5.26 Å². The van der Waals surface area contributed by atoms with Crippen LogP contribution in [0, 0.1) is 11.3 Å². The summed E-state index contributed by atoms with van der Waals surface area (Å²) in [5, 5.41) is 9.10. The first-order chi connectivity index (χ1) is 11.7. The smallest absolute Gasteiger partial charge is 0.127 e. The second-order valence-electron chi connectivity index (χ2n) is 4.70. The molecule has 0 amide bonds. The van der Waals surface area contributed by atoms with Crippen molar-refractivity contribution in [3.05, 3.63) is 47.5 Å². The van der Waals surface area contributed by atoms with Gasteiger partial charge in [-0.25, -0.2) is 4.99 Å². The van der Waals surface area contributed by atoms with Crippen molar-refractivity contribution < 1.29 is 14.2 Å². The zero-order valence-electron chi connectivity index (χ0n) is 13.7. The summed E-state index contributed by atoms with van der Waals surface area (Å²) in [6.45, 7) is 0.350. The summed E-state index contributed by atoms with van der Waals surface area (Å²) in [6.07, 6.45) is 0. The van der Waals surface area contributed by atoms with E-state index in [1.165, 1.54) is 0 Å². The van der Waals surface area contributed by atoms with Crippen LogP contribution in [-0.2, 0) is 6.54 Å². The monoisotopic (exact) mass is 323 g/mol. The number of aliphatic imine (C=N–C) groups is 2. The molecule has 0 aliphatic carbocycles. The Labute approximate surface area is 140 Å². The molecule has 0 radical (unpaired) electrons. The summed E-state index contributed by atoms with van der Waals surface area (Å²) in [5.41, 5.74) is 1.77. The van der Waals surface area contributed by atoms with Gasteiger partial charge < -0.3 is 14.2 Å². The number of rotatable bonds is 6. The first kappa shape index (κ1) is 17.1. The topological polar surface area (TPSA) is 76.2 Å². The van der Waals surface area contributed by atoms with E-state index in [1.807, 2.05) is 12.1 Å². The predicted octanol–water partition coefficient (Wildman–Crippen LogP) is 3.59. The molecule has 0 saturated carbocycles. The fourth-order valence-electron chi connectivity index (χ4n) is 2.02. The zero-order chi connectivity index (χ0) is 17.4. The Morgan fingerprint density at radius 3 is 2.33 bits per heavy atom. The molecule has 0 atom stereocenters. The normalized spacial score (nSPS) is 9.42. The zero-order valence-corrected chi connectivity index (χ0v) is 13.7. The van der Waals surface area contributed by atoms with Crippen LogP contribution in [0.3, 0.4) is 0 Å². The van der Waals surface area contributed by atoms with E-state index in [0.29, 0.717) is 35.0 Å². The summed E-state index contributed by atoms with van der Waals surface area (Å²) in [6, 6.07) is 15.2. The maximum atomic E-state index is 9.10. The highest BCUT2D eigenvalue weighted by atomic mass is 16.5. The highest BCUT2D eigenvalue weighted by molar-refractivity contribution is 5.62. The SMILES string of the molecule is COc1ccc(C#N)c(N=C=NCc2ccc(OC)cc2OC)c1. The molecule has 0 saturated heterocycles. The maximum Gasteiger partial charge on any atom is 0.127 e. The van der Waals surface area contributed by atoms with Crippen molar-refractivity contribution in [1.82, 2.24) is 0 Å². The molecule has 6 heteroatoms. The summed E-state index contributed by atoms with van der Waals surface area (Å²) in [5.74, 6) is 2.01. The van der Waals surface area contributed by atoms with E-state index in [1.54, 1.807) is 45.6 Å². The van der Waals surface area contributed by atoms with Gasteiger partial charge in [0.25, 0.3) is 0 Å². The first-order valence-corrected chi connectivity index (χ1v) is 7.13. The maximum absolute atomic E-state index is 9.10. The number of hydrogen-bond donors (Lipinski definition) is 0. The number of nitriles is 1. The van der Waals surface area contributed by atoms with Crippen molar-refractivity contribution in [2.24, 2.45) is 9.98 Å². The molecule has 24 heavy (non-hydrogen) atoms. The van der Waals surface area contributed by atoms with E-state index < -0.39 is 0 Å². The van der Waals surface area contributed by atoms with Crippen LogP contribution < -0.4 is 14.2 Å². The van der Waals surface area contributed by atoms with Crippen molar-refractivity contribution in [3.8, 4) is 23.3 Å². The number of nitrogens with zero attached hydrogens (tertiary/aromatic N) is 3. The average molecular weight is 323 g/mol. The summed E-state index contributed by atoms with van der Waals surface area (Å²) < 4.78 is 15.6. The van der Waals surface area contributed by atoms with Crippen LogP contribution in [0.1, 0.15) is 11.1 Å². The van der Waals surface area contributed by atoms with Crippen LogP contribution in [0.2, 0.25) is 0 Å². The minimum Gasteiger partial charge on any atom is -0.497 e. The molecule has 0 heterocycles. The highest BCUT2D eigenvalue weighted by Gasteiger charge is 2.04. The predicted molar refractivity (Wildman–Crippen MR) is 90.5 cm³/mol. The Balaban J connectivity index is 2.20. The molecule has 6 nitrogen and oxygen atoms in total. The van der Waals surface area contributed by atoms with Crippen molar-refractivity contribution in [2.75, 3.05) is 21.3 Å². The van der Waals surface area contributed by atoms with Gasteiger partial charge in [0.15, 0.2) is 0 Å². The van der Waals surface area contributed by atoms with Crippen molar-refractivity contribution in [2.45, 2.75) is 6.54 Å². The Morgan fingerprint density at radius 2 is 1.67 bits per heavy atom. The van der Waals surface area contributed by atoms with Gasteiger partial charge in [-0.15, -0.1) is 0 Å². The van der Waals surface area contributed by atoms with E-state index in [-0.39, 0.29) is 0 Å². The molecule has 2 aromatic carbocycles. The molecule has 0 unspecified atom stereocenters. The highest BCUT2D eigenvalue weighted by Crippen LogP contribution is 2.26. The van der Waals surface area contributed by atoms with E-state index in [4.69, 9.17) is 19.5 Å². The van der Waals surface area contributed by atoms with Gasteiger partial charge in [-0.1, -0.05) is 0 Å². The Kier molecular flexibility index (Phi) is 5.95. The van der Waals surface area contributed by atoms with E-state index >= 15 is 0 Å². The van der Waals surface area contributed by atoms with Gasteiger partial charge in [-0.3, -0.25) is 0 Å². The third kappa shape index (κ3) is 4.13. The van der Waals surface area contributed by atoms with Crippen molar-refractivity contribution >= 4 is 11.7 Å². The fourth-order valence-corrected chi connectivity index (χ4v) is 2.02. The molecule has 2 rings (SSSR count). The Morgan fingerprint density at radius 1 is 0.958 bits per heavy atom. The van der Waals surface area contributed by atoms with Gasteiger partial charge in [-0.2, -0.15) is 10.3 Å². The molecule has 0 aliphatic heterocycles. The number of methoxy groups -OCH3 is 3. The average Bonchev–Trinajstić information content (AvgIpc) is 2.64. The van der Waals surface area contributed by atoms with Gasteiger partial charge in [0.2, 0.25) is 0 Å². The summed E-state index contributed by atoms with van der Waals surface area (Å²) in [7, 11) is 4.74. The number of ether oxygens (including phenoxy) is 3. The van der Waals surface area contributed by atoms with E-state index in [2.05, 4.69) is 22.1 Å². The molecule has 122 valence electrons. The lowest BCUT2D eigenvalue weighted by Crippen LogP contribution is -1.92. The standard InChI is InChI=1S/C18H17N3O3/c1-22-15-6-4-13(10-19)17(8-15)21-12-20-11-14-5-7-16(23-2)9-18(14)24-3/h4-9H,11H2,1-3H3. The van der Waals surface area contributed by atoms with Gasteiger partial charge in [0.05, 0.1) is 45.1 Å². The molecule has 2 aromatic rings. The quantitative estimate of drug-likeness (QED) is 0.761. The van der Waals surface area contributed by atoms with E-state index in [9.17, 15) is 0 Å². The first-order valence-electron chi connectivity index (χ1n) is 7.13. The minimum atomic E-state index is 0.350. The third-order valence-electron chi connectivity index (χ3n) is 3.31. The fraction of sp³-hybridized carbons (Fsp3) is 0.222. The molecular weight excluding hydrogens is 306 g/mol. The minimum absolute atomic E-state index is 0.350. The largest absolute Gasteiger partial charge is 0.497 e. The Bertz CT molecular complexity index is 819.